The van der Waals surface area contributed by atoms with E-state index >= 15 is 0 Å². The first-order chi connectivity index (χ1) is 9.59. The average Bonchev–Trinajstić information content (AvgIpc) is 2.60. The summed E-state index contributed by atoms with van der Waals surface area (Å²) in [5.74, 6) is 0. The van der Waals surface area contributed by atoms with Gasteiger partial charge in [-0.3, -0.25) is 4.90 Å². The first kappa shape index (κ1) is 13.6. The van der Waals surface area contributed by atoms with E-state index in [2.05, 4.69) is 4.90 Å². The fraction of sp³-hybridized carbons (Fsp3) is 0.467. The van der Waals surface area contributed by atoms with Crippen molar-refractivity contribution >= 4 is 21.6 Å². The van der Waals surface area contributed by atoms with Crippen LogP contribution in [0.15, 0.2) is 28.0 Å². The highest BCUT2D eigenvalue weighted by atomic mass is 32.2. The molecule has 1 aromatic carbocycles. The Morgan fingerprint density at radius 1 is 1.10 bits per heavy atom. The normalized spacial score (nSPS) is 22.1. The predicted molar refractivity (Wildman–Crippen MR) is 80.9 cm³/mol. The van der Waals surface area contributed by atoms with Crippen molar-refractivity contribution < 1.29 is 8.42 Å². The van der Waals surface area contributed by atoms with Crippen LogP contribution in [0.1, 0.15) is 31.2 Å². The van der Waals surface area contributed by atoms with Gasteiger partial charge in [-0.1, -0.05) is 18.9 Å². The first-order valence-electron chi connectivity index (χ1n) is 7.15. The second-order valence-electron chi connectivity index (χ2n) is 5.56. The highest BCUT2D eigenvalue weighted by Gasteiger charge is 2.31. The van der Waals surface area contributed by atoms with E-state index in [1.807, 2.05) is 0 Å². The molecule has 5 heteroatoms. The summed E-state index contributed by atoms with van der Waals surface area (Å²) in [6.45, 7) is 2.48. The number of rotatable bonds is 2. The highest BCUT2D eigenvalue weighted by Crippen LogP contribution is 2.36. The van der Waals surface area contributed by atoms with Gasteiger partial charge in [-0.05, 0) is 44.1 Å². The van der Waals surface area contributed by atoms with E-state index in [4.69, 9.17) is 5.73 Å². The third kappa shape index (κ3) is 2.36. The van der Waals surface area contributed by atoms with Crippen LogP contribution in [0.2, 0.25) is 0 Å². The lowest BCUT2D eigenvalue weighted by molar-refractivity contribution is 0.313. The number of nitrogens with two attached hydrogens (primary N) is 1. The monoisotopic (exact) mass is 292 g/mol. The molecule has 2 N–H and O–H groups in total. The molecule has 0 spiro atoms. The molecule has 2 aliphatic heterocycles. The van der Waals surface area contributed by atoms with Crippen LogP contribution in [0.4, 0.5) is 5.69 Å². The summed E-state index contributed by atoms with van der Waals surface area (Å²) < 4.78 is 25.1. The Labute approximate surface area is 120 Å². The minimum atomic E-state index is -3.34. The third-order valence-corrected chi connectivity index (χ3v) is 5.99. The van der Waals surface area contributed by atoms with Gasteiger partial charge in [0.1, 0.15) is 0 Å². The Kier molecular flexibility index (Phi) is 3.56. The summed E-state index contributed by atoms with van der Waals surface area (Å²) in [6, 6.07) is 5.10. The van der Waals surface area contributed by atoms with Crippen LogP contribution in [0.5, 0.6) is 0 Å². The number of nitrogens with zero attached hydrogens (tertiary/aromatic N) is 1. The SMILES string of the molecule is Nc1cccc2c1C=C(CN1CCCCCC1)S2(=O)=O. The minimum absolute atomic E-state index is 0.363. The van der Waals surface area contributed by atoms with Gasteiger partial charge in [0.15, 0.2) is 0 Å². The maximum absolute atomic E-state index is 12.5. The van der Waals surface area contributed by atoms with Crippen molar-refractivity contribution in [2.24, 2.45) is 0 Å². The maximum Gasteiger partial charge on any atom is 0.204 e. The fourth-order valence-corrected chi connectivity index (χ4v) is 4.61. The molecule has 108 valence electrons. The zero-order chi connectivity index (χ0) is 14.2. The average molecular weight is 292 g/mol. The molecule has 0 atom stereocenters. The number of fused-ring (bicyclic) bond motifs is 1. The second-order valence-corrected chi connectivity index (χ2v) is 7.53. The van der Waals surface area contributed by atoms with Crippen LogP contribution in [-0.4, -0.2) is 33.0 Å². The molecule has 20 heavy (non-hydrogen) atoms. The fourth-order valence-electron chi connectivity index (χ4n) is 2.97. The Balaban J connectivity index is 1.88. The topological polar surface area (TPSA) is 63.4 Å². The largest absolute Gasteiger partial charge is 0.398 e. The highest BCUT2D eigenvalue weighted by molar-refractivity contribution is 7.95. The van der Waals surface area contributed by atoms with Gasteiger partial charge in [0.05, 0.1) is 9.80 Å². The van der Waals surface area contributed by atoms with Crippen molar-refractivity contribution in [3.05, 3.63) is 28.7 Å². The second kappa shape index (κ2) is 5.22. The Morgan fingerprint density at radius 3 is 2.45 bits per heavy atom. The van der Waals surface area contributed by atoms with Crippen molar-refractivity contribution in [3.63, 3.8) is 0 Å². The predicted octanol–water partition coefficient (Wildman–Crippen LogP) is 2.27. The zero-order valence-electron chi connectivity index (χ0n) is 11.5. The molecule has 0 bridgehead atoms. The van der Waals surface area contributed by atoms with Crippen LogP contribution in [0.3, 0.4) is 0 Å². The van der Waals surface area contributed by atoms with Crippen molar-refractivity contribution in [1.82, 2.24) is 4.90 Å². The van der Waals surface area contributed by atoms with E-state index in [-0.39, 0.29) is 0 Å². The van der Waals surface area contributed by atoms with Crippen LogP contribution >= 0.6 is 0 Å². The summed E-state index contributed by atoms with van der Waals surface area (Å²) in [4.78, 5) is 3.10. The number of hydrogen-bond acceptors (Lipinski definition) is 4. The van der Waals surface area contributed by atoms with E-state index in [0.717, 1.165) is 25.9 Å². The molecule has 0 aliphatic carbocycles. The van der Waals surface area contributed by atoms with Gasteiger partial charge in [0.2, 0.25) is 9.84 Å². The summed E-state index contributed by atoms with van der Waals surface area (Å²) in [5.41, 5.74) is 7.09. The molecule has 0 unspecified atom stereocenters. The lowest BCUT2D eigenvalue weighted by atomic mass is 10.1. The smallest absolute Gasteiger partial charge is 0.204 e. The molecule has 3 rings (SSSR count). The Bertz CT molecular complexity index is 642. The number of benzene rings is 1. The molecule has 0 saturated carbocycles. The standard InChI is InChI=1S/C15H20N2O2S/c16-14-6-5-7-15-13(14)10-12(20(15,18)19)11-17-8-3-1-2-4-9-17/h5-7,10H,1-4,8-9,11,16H2. The van der Waals surface area contributed by atoms with E-state index in [1.54, 1.807) is 24.3 Å². The molecule has 1 saturated heterocycles. The van der Waals surface area contributed by atoms with Crippen LogP contribution in [0, 0.1) is 0 Å². The number of sulfone groups is 1. The van der Waals surface area contributed by atoms with Gasteiger partial charge < -0.3 is 5.73 Å². The lowest BCUT2D eigenvalue weighted by Gasteiger charge is -2.19. The molecule has 2 aliphatic rings. The lowest BCUT2D eigenvalue weighted by Crippen LogP contribution is -2.28. The van der Waals surface area contributed by atoms with E-state index in [9.17, 15) is 8.42 Å². The number of hydrogen-bond donors (Lipinski definition) is 1. The molecular formula is C15H20N2O2S. The molecule has 0 aromatic heterocycles. The molecule has 0 radical (unpaired) electrons. The molecule has 4 nitrogen and oxygen atoms in total. The van der Waals surface area contributed by atoms with Gasteiger partial charge in [-0.2, -0.15) is 0 Å². The Hall–Kier alpha value is -1.33. The molecule has 2 heterocycles. The van der Waals surface area contributed by atoms with Crippen LogP contribution in [0.25, 0.3) is 6.08 Å². The van der Waals surface area contributed by atoms with Gasteiger partial charge in [0, 0.05) is 17.8 Å². The van der Waals surface area contributed by atoms with Gasteiger partial charge in [-0.25, -0.2) is 8.42 Å². The zero-order valence-corrected chi connectivity index (χ0v) is 12.3. The number of anilines is 1. The maximum atomic E-state index is 12.5. The summed E-state index contributed by atoms with van der Waals surface area (Å²) in [7, 11) is -3.34. The third-order valence-electron chi connectivity index (χ3n) is 4.12. The van der Waals surface area contributed by atoms with E-state index in [1.165, 1.54) is 12.8 Å². The quantitative estimate of drug-likeness (QED) is 0.849. The summed E-state index contributed by atoms with van der Waals surface area (Å²) in [5, 5.41) is 0. The summed E-state index contributed by atoms with van der Waals surface area (Å²) >= 11 is 0. The van der Waals surface area contributed by atoms with Crippen molar-refractivity contribution in [1.29, 1.82) is 0 Å². The van der Waals surface area contributed by atoms with Crippen LogP contribution in [-0.2, 0) is 9.84 Å². The number of likely N-dealkylation sites (tertiary alicyclic amines) is 1. The van der Waals surface area contributed by atoms with Crippen LogP contribution < -0.4 is 5.73 Å². The molecular weight excluding hydrogens is 272 g/mol. The minimum Gasteiger partial charge on any atom is -0.398 e. The van der Waals surface area contributed by atoms with Gasteiger partial charge in [-0.15, -0.1) is 0 Å². The number of nitrogen functional groups attached to an aromatic ring is 1. The molecule has 1 fully saturated rings. The van der Waals surface area contributed by atoms with Crippen molar-refractivity contribution in [3.8, 4) is 0 Å². The van der Waals surface area contributed by atoms with Gasteiger partial charge >= 0.3 is 0 Å². The van der Waals surface area contributed by atoms with Crippen molar-refractivity contribution in [2.45, 2.75) is 30.6 Å². The molecule has 0 amide bonds. The van der Waals surface area contributed by atoms with Crippen molar-refractivity contribution in [2.75, 3.05) is 25.4 Å². The van der Waals surface area contributed by atoms with Gasteiger partial charge in [0.25, 0.3) is 0 Å². The Morgan fingerprint density at radius 2 is 1.80 bits per heavy atom. The molecule has 1 aromatic rings. The van der Waals surface area contributed by atoms with E-state index in [0.29, 0.717) is 27.6 Å². The van der Waals surface area contributed by atoms with E-state index < -0.39 is 9.84 Å². The first-order valence-corrected chi connectivity index (χ1v) is 8.64. The summed E-state index contributed by atoms with van der Waals surface area (Å²) in [6.07, 6.45) is 6.56.